The van der Waals surface area contributed by atoms with E-state index in [1.165, 1.54) is 0 Å². The van der Waals surface area contributed by atoms with Crippen molar-refractivity contribution in [3.05, 3.63) is 60.7 Å². The third-order valence-electron chi connectivity index (χ3n) is 4.25. The van der Waals surface area contributed by atoms with Gasteiger partial charge in [0.1, 0.15) is 0 Å². The van der Waals surface area contributed by atoms with Gasteiger partial charge in [-0.15, -0.1) is 0 Å². The number of rotatable bonds is 4. The summed E-state index contributed by atoms with van der Waals surface area (Å²) in [5.74, 6) is 0.357. The molecule has 0 spiro atoms. The van der Waals surface area contributed by atoms with Crippen molar-refractivity contribution in [2.45, 2.75) is 31.9 Å². The minimum atomic E-state index is -0.292. The average Bonchev–Trinajstić information content (AvgIpc) is 2.86. The first-order chi connectivity index (χ1) is 10.3. The third kappa shape index (κ3) is 3.09. The van der Waals surface area contributed by atoms with Crippen LogP contribution < -0.4 is 10.4 Å². The van der Waals surface area contributed by atoms with E-state index in [9.17, 15) is 5.11 Å². The molecule has 1 aliphatic carbocycles. The van der Waals surface area contributed by atoms with E-state index in [1.807, 2.05) is 36.4 Å². The fraction of sp³-hybridized carbons (Fsp3) is 0.333. The molecule has 1 fully saturated rings. The van der Waals surface area contributed by atoms with E-state index in [4.69, 9.17) is 0 Å². The highest BCUT2D eigenvalue weighted by molar-refractivity contribution is 5.61. The largest absolute Gasteiger partial charge is 0.391 e. The number of aliphatic hydroxyl groups excluding tert-OH is 1. The van der Waals surface area contributed by atoms with Crippen molar-refractivity contribution < 1.29 is 5.11 Å². The van der Waals surface area contributed by atoms with Crippen LogP contribution in [-0.4, -0.2) is 17.3 Å². The zero-order valence-electron chi connectivity index (χ0n) is 12.3. The molecule has 1 aliphatic rings. The zero-order valence-corrected chi connectivity index (χ0v) is 12.3. The van der Waals surface area contributed by atoms with Gasteiger partial charge >= 0.3 is 0 Å². The highest BCUT2D eigenvalue weighted by Gasteiger charge is 2.33. The van der Waals surface area contributed by atoms with Gasteiger partial charge in [0.25, 0.3) is 0 Å². The molecule has 0 heterocycles. The molecule has 21 heavy (non-hydrogen) atoms. The fourth-order valence-corrected chi connectivity index (χ4v) is 2.94. The van der Waals surface area contributed by atoms with Crippen LogP contribution in [0.4, 0.5) is 11.4 Å². The number of hydrogen-bond acceptors (Lipinski definition) is 3. The molecule has 2 aromatic rings. The maximum absolute atomic E-state index is 10.3. The lowest BCUT2D eigenvalue weighted by molar-refractivity contribution is 0.113. The van der Waals surface area contributed by atoms with E-state index in [0.29, 0.717) is 5.92 Å². The lowest BCUT2D eigenvalue weighted by Crippen LogP contribution is -2.46. The number of para-hydroxylation sites is 2. The van der Waals surface area contributed by atoms with Crippen LogP contribution in [0.5, 0.6) is 0 Å². The molecule has 3 nitrogen and oxygen atoms in total. The van der Waals surface area contributed by atoms with Gasteiger partial charge in [0.2, 0.25) is 0 Å². The van der Waals surface area contributed by atoms with Crippen LogP contribution in [-0.2, 0) is 0 Å². The molecule has 0 aliphatic heterocycles. The molecule has 2 N–H and O–H groups in total. The van der Waals surface area contributed by atoms with Gasteiger partial charge in [-0.3, -0.25) is 5.01 Å². The predicted octanol–water partition coefficient (Wildman–Crippen LogP) is 3.49. The molecule has 0 unspecified atom stereocenters. The highest BCUT2D eigenvalue weighted by atomic mass is 16.3. The van der Waals surface area contributed by atoms with Crippen LogP contribution in [0.1, 0.15) is 19.8 Å². The van der Waals surface area contributed by atoms with E-state index in [0.717, 1.165) is 24.2 Å². The second-order valence-corrected chi connectivity index (χ2v) is 5.79. The number of aliphatic hydroxyl groups is 1. The van der Waals surface area contributed by atoms with E-state index < -0.39 is 0 Å². The Kier molecular flexibility index (Phi) is 4.23. The van der Waals surface area contributed by atoms with Gasteiger partial charge in [-0.2, -0.15) is 0 Å². The minimum Gasteiger partial charge on any atom is -0.391 e. The lowest BCUT2D eigenvalue weighted by atomic mass is 10.1. The summed E-state index contributed by atoms with van der Waals surface area (Å²) in [6, 6.07) is 20.5. The van der Waals surface area contributed by atoms with Crippen LogP contribution in [0.15, 0.2) is 60.7 Å². The molecule has 0 aromatic heterocycles. The standard InChI is InChI=1S/C18H22N2O/c1-14-12-13-17(18(14)21)19-20(15-8-4-2-5-9-15)16-10-6-3-7-11-16/h2-11,14,17-19,21H,12-13H2,1H3/t14-,17+,18-/m0/s1. The average molecular weight is 282 g/mol. The summed E-state index contributed by atoms with van der Waals surface area (Å²) in [6.07, 6.45) is 1.77. The monoisotopic (exact) mass is 282 g/mol. The first-order valence-corrected chi connectivity index (χ1v) is 7.60. The third-order valence-corrected chi connectivity index (χ3v) is 4.25. The van der Waals surface area contributed by atoms with E-state index in [1.54, 1.807) is 0 Å². The van der Waals surface area contributed by atoms with E-state index in [-0.39, 0.29) is 12.1 Å². The number of anilines is 2. The number of benzene rings is 2. The van der Waals surface area contributed by atoms with Crippen LogP contribution >= 0.6 is 0 Å². The second-order valence-electron chi connectivity index (χ2n) is 5.79. The second kappa shape index (κ2) is 6.29. The molecule has 1 saturated carbocycles. The lowest BCUT2D eigenvalue weighted by Gasteiger charge is -2.31. The Morgan fingerprint density at radius 1 is 0.905 bits per heavy atom. The Morgan fingerprint density at radius 3 is 1.86 bits per heavy atom. The topological polar surface area (TPSA) is 35.5 Å². The van der Waals surface area contributed by atoms with Crippen LogP contribution in [0.2, 0.25) is 0 Å². The summed E-state index contributed by atoms with van der Waals surface area (Å²) in [6.45, 7) is 2.11. The molecule has 0 saturated heterocycles. The van der Waals surface area contributed by atoms with Crippen molar-refractivity contribution in [2.75, 3.05) is 5.01 Å². The summed E-state index contributed by atoms with van der Waals surface area (Å²) < 4.78 is 0. The van der Waals surface area contributed by atoms with Gasteiger partial charge in [-0.05, 0) is 43.0 Å². The van der Waals surface area contributed by atoms with Gasteiger partial charge in [-0.25, -0.2) is 5.43 Å². The van der Waals surface area contributed by atoms with E-state index >= 15 is 0 Å². The van der Waals surface area contributed by atoms with Crippen molar-refractivity contribution in [1.29, 1.82) is 0 Å². The van der Waals surface area contributed by atoms with Gasteiger partial charge in [0, 0.05) is 0 Å². The number of hydrogen-bond donors (Lipinski definition) is 2. The number of nitrogens with one attached hydrogen (secondary N) is 1. The zero-order chi connectivity index (χ0) is 14.7. The smallest absolute Gasteiger partial charge is 0.0736 e. The quantitative estimate of drug-likeness (QED) is 0.843. The Labute approximate surface area is 126 Å². The summed E-state index contributed by atoms with van der Waals surface area (Å²) >= 11 is 0. The summed E-state index contributed by atoms with van der Waals surface area (Å²) in [5, 5.41) is 12.4. The number of hydrazine groups is 1. The first kappa shape index (κ1) is 14.1. The van der Waals surface area contributed by atoms with Crippen LogP contribution in [0.3, 0.4) is 0 Å². The molecule has 0 amide bonds. The highest BCUT2D eigenvalue weighted by Crippen LogP contribution is 2.29. The maximum Gasteiger partial charge on any atom is 0.0736 e. The van der Waals surface area contributed by atoms with Crippen molar-refractivity contribution in [3.8, 4) is 0 Å². The molecule has 3 atom stereocenters. The fourth-order valence-electron chi connectivity index (χ4n) is 2.94. The van der Waals surface area contributed by atoms with Crippen molar-refractivity contribution >= 4 is 11.4 Å². The Morgan fingerprint density at radius 2 is 1.43 bits per heavy atom. The summed E-state index contributed by atoms with van der Waals surface area (Å²) in [7, 11) is 0. The van der Waals surface area contributed by atoms with Crippen molar-refractivity contribution in [1.82, 2.24) is 5.43 Å². The van der Waals surface area contributed by atoms with Crippen molar-refractivity contribution in [2.24, 2.45) is 5.92 Å². The summed E-state index contributed by atoms with van der Waals surface area (Å²) in [4.78, 5) is 0. The van der Waals surface area contributed by atoms with Gasteiger partial charge in [0.05, 0.1) is 23.5 Å². The number of nitrogens with zero attached hydrogens (tertiary/aromatic N) is 1. The van der Waals surface area contributed by atoms with Gasteiger partial charge < -0.3 is 5.11 Å². The summed E-state index contributed by atoms with van der Waals surface area (Å²) in [5.41, 5.74) is 5.67. The maximum atomic E-state index is 10.3. The van der Waals surface area contributed by atoms with Crippen LogP contribution in [0, 0.1) is 5.92 Å². The van der Waals surface area contributed by atoms with Gasteiger partial charge in [0.15, 0.2) is 0 Å². The molecule has 0 radical (unpaired) electrons. The Balaban J connectivity index is 1.87. The molecule has 110 valence electrons. The van der Waals surface area contributed by atoms with Gasteiger partial charge in [-0.1, -0.05) is 43.3 Å². The molecule has 2 aromatic carbocycles. The normalized spacial score (nSPS) is 25.0. The molecule has 3 heteroatoms. The minimum absolute atomic E-state index is 0.0976. The molecule has 0 bridgehead atoms. The molecular formula is C18H22N2O. The van der Waals surface area contributed by atoms with Crippen molar-refractivity contribution in [3.63, 3.8) is 0 Å². The molecule has 3 rings (SSSR count). The molecular weight excluding hydrogens is 260 g/mol. The predicted molar refractivity (Wildman–Crippen MR) is 86.4 cm³/mol. The first-order valence-electron chi connectivity index (χ1n) is 7.60. The Bertz CT molecular complexity index is 518. The Hall–Kier alpha value is -1.84. The van der Waals surface area contributed by atoms with Crippen LogP contribution in [0.25, 0.3) is 0 Å². The van der Waals surface area contributed by atoms with E-state index in [2.05, 4.69) is 41.6 Å². The SMILES string of the molecule is C[C@H]1CC[C@@H](NN(c2ccccc2)c2ccccc2)[C@H]1O.